The Kier molecular flexibility index (Phi) is 3.13. The van der Waals surface area contributed by atoms with Gasteiger partial charge in [0, 0.05) is 6.20 Å². The smallest absolute Gasteiger partial charge is 0.342 e. The molecule has 92 valence electrons. The molecule has 1 aromatic rings. The van der Waals surface area contributed by atoms with Crippen molar-refractivity contribution >= 4 is 5.97 Å². The van der Waals surface area contributed by atoms with E-state index < -0.39 is 18.0 Å². The second kappa shape index (κ2) is 4.43. The van der Waals surface area contributed by atoms with Gasteiger partial charge in [-0.05, 0) is 32.9 Å². The Bertz CT molecular complexity index is 430. The van der Waals surface area contributed by atoms with Crippen molar-refractivity contribution in [2.75, 3.05) is 6.61 Å². The molecular formula is C12H15NO4. The number of carbonyl (C=O) groups excluding carboxylic acids is 1. The van der Waals surface area contributed by atoms with Crippen LogP contribution in [-0.4, -0.2) is 29.6 Å². The van der Waals surface area contributed by atoms with Gasteiger partial charge in [-0.25, -0.2) is 4.79 Å². The highest BCUT2D eigenvalue weighted by atomic mass is 16.8. The molecule has 2 rings (SSSR count). The zero-order chi connectivity index (χ0) is 12.5. The van der Waals surface area contributed by atoms with Gasteiger partial charge in [-0.3, -0.25) is 4.98 Å². The number of carbonyl (C=O) groups is 1. The zero-order valence-electron chi connectivity index (χ0n) is 10.1. The molecule has 2 heterocycles. The molecule has 1 atom stereocenters. The van der Waals surface area contributed by atoms with E-state index in [1.165, 1.54) is 0 Å². The number of pyridine rings is 1. The molecule has 0 aromatic carbocycles. The Morgan fingerprint density at radius 2 is 2.35 bits per heavy atom. The van der Waals surface area contributed by atoms with Crippen molar-refractivity contribution < 1.29 is 19.0 Å². The Morgan fingerprint density at radius 1 is 1.59 bits per heavy atom. The van der Waals surface area contributed by atoms with Gasteiger partial charge in [0.25, 0.3) is 0 Å². The zero-order valence-corrected chi connectivity index (χ0v) is 10.1. The topological polar surface area (TPSA) is 57.7 Å². The first-order chi connectivity index (χ1) is 7.98. The van der Waals surface area contributed by atoms with Crippen molar-refractivity contribution in [3.05, 3.63) is 29.6 Å². The molecule has 0 amide bonds. The number of nitrogens with zero attached hydrogens (tertiary/aromatic N) is 1. The SMILES string of the molecule is Cc1ncccc1C(=O)OC1COC(C)(C)O1. The number of hydrogen-bond acceptors (Lipinski definition) is 5. The van der Waals surface area contributed by atoms with Gasteiger partial charge in [-0.1, -0.05) is 0 Å². The molecule has 1 aromatic heterocycles. The molecule has 1 unspecified atom stereocenters. The first kappa shape index (κ1) is 12.0. The quantitative estimate of drug-likeness (QED) is 0.732. The summed E-state index contributed by atoms with van der Waals surface area (Å²) in [5.41, 5.74) is 1.08. The third kappa shape index (κ3) is 2.81. The van der Waals surface area contributed by atoms with E-state index in [-0.39, 0.29) is 6.61 Å². The molecule has 1 aliphatic rings. The monoisotopic (exact) mass is 237 g/mol. The van der Waals surface area contributed by atoms with Gasteiger partial charge in [-0.15, -0.1) is 0 Å². The molecule has 0 N–H and O–H groups in total. The molecule has 1 saturated heterocycles. The van der Waals surface area contributed by atoms with E-state index in [0.717, 1.165) is 0 Å². The average molecular weight is 237 g/mol. The highest BCUT2D eigenvalue weighted by Gasteiger charge is 2.35. The number of rotatable bonds is 2. The number of esters is 1. The van der Waals surface area contributed by atoms with E-state index in [4.69, 9.17) is 14.2 Å². The molecule has 5 heteroatoms. The molecule has 0 spiro atoms. The van der Waals surface area contributed by atoms with Crippen molar-refractivity contribution in [3.63, 3.8) is 0 Å². The van der Waals surface area contributed by atoms with Crippen molar-refractivity contribution in [2.45, 2.75) is 32.8 Å². The van der Waals surface area contributed by atoms with Crippen LogP contribution in [0.4, 0.5) is 0 Å². The lowest BCUT2D eigenvalue weighted by atomic mass is 10.2. The van der Waals surface area contributed by atoms with E-state index in [2.05, 4.69) is 4.98 Å². The maximum absolute atomic E-state index is 11.8. The van der Waals surface area contributed by atoms with E-state index in [1.807, 2.05) is 0 Å². The lowest BCUT2D eigenvalue weighted by molar-refractivity contribution is -0.175. The molecule has 0 saturated carbocycles. The summed E-state index contributed by atoms with van der Waals surface area (Å²) in [5, 5.41) is 0. The summed E-state index contributed by atoms with van der Waals surface area (Å²) in [4.78, 5) is 15.9. The maximum atomic E-state index is 11.8. The van der Waals surface area contributed by atoms with Crippen LogP contribution < -0.4 is 0 Å². The Balaban J connectivity index is 2.01. The van der Waals surface area contributed by atoms with Gasteiger partial charge in [0.15, 0.2) is 5.79 Å². The molecule has 1 aliphatic heterocycles. The van der Waals surface area contributed by atoms with E-state index in [9.17, 15) is 4.79 Å². The fraction of sp³-hybridized carbons (Fsp3) is 0.500. The van der Waals surface area contributed by atoms with Crippen molar-refractivity contribution in [1.29, 1.82) is 0 Å². The molecular weight excluding hydrogens is 222 g/mol. The first-order valence-corrected chi connectivity index (χ1v) is 5.42. The number of ether oxygens (including phenoxy) is 3. The Hall–Kier alpha value is -1.46. The van der Waals surface area contributed by atoms with Crippen LogP contribution in [-0.2, 0) is 14.2 Å². The van der Waals surface area contributed by atoms with Gasteiger partial charge in [0.2, 0.25) is 6.29 Å². The largest absolute Gasteiger partial charge is 0.429 e. The predicted octanol–water partition coefficient (Wildman–Crippen LogP) is 1.66. The summed E-state index contributed by atoms with van der Waals surface area (Å²) in [6.45, 7) is 5.55. The van der Waals surface area contributed by atoms with E-state index >= 15 is 0 Å². The normalized spacial score (nSPS) is 22.4. The lowest BCUT2D eigenvalue weighted by Gasteiger charge is -2.16. The second-order valence-electron chi connectivity index (χ2n) is 4.30. The summed E-state index contributed by atoms with van der Waals surface area (Å²) in [6, 6.07) is 3.37. The minimum Gasteiger partial charge on any atom is -0.429 e. The van der Waals surface area contributed by atoms with Crippen LogP contribution in [0.2, 0.25) is 0 Å². The van der Waals surface area contributed by atoms with E-state index in [1.54, 1.807) is 39.1 Å². The first-order valence-electron chi connectivity index (χ1n) is 5.42. The molecule has 1 fully saturated rings. The van der Waals surface area contributed by atoms with Gasteiger partial charge >= 0.3 is 5.97 Å². The fourth-order valence-corrected chi connectivity index (χ4v) is 1.59. The Labute approximate surface area is 99.7 Å². The summed E-state index contributed by atoms with van der Waals surface area (Å²) >= 11 is 0. The summed E-state index contributed by atoms with van der Waals surface area (Å²) in [7, 11) is 0. The van der Waals surface area contributed by atoms with Crippen LogP contribution in [0.1, 0.15) is 29.9 Å². The van der Waals surface area contributed by atoms with Crippen molar-refractivity contribution in [1.82, 2.24) is 4.98 Å². The third-order valence-corrected chi connectivity index (χ3v) is 2.45. The minimum absolute atomic E-state index is 0.248. The van der Waals surface area contributed by atoms with Crippen LogP contribution in [0.3, 0.4) is 0 Å². The third-order valence-electron chi connectivity index (χ3n) is 2.45. The predicted molar refractivity (Wildman–Crippen MR) is 59.3 cm³/mol. The average Bonchev–Trinajstić information content (AvgIpc) is 2.58. The molecule has 0 aliphatic carbocycles. The highest BCUT2D eigenvalue weighted by Crippen LogP contribution is 2.23. The summed E-state index contributed by atoms with van der Waals surface area (Å²) in [5.74, 6) is -1.14. The Morgan fingerprint density at radius 3 is 2.94 bits per heavy atom. The van der Waals surface area contributed by atoms with Gasteiger partial charge in [0.1, 0.15) is 6.61 Å². The molecule has 0 bridgehead atoms. The summed E-state index contributed by atoms with van der Waals surface area (Å²) < 4.78 is 15.9. The minimum atomic E-state index is -0.699. The molecule has 17 heavy (non-hydrogen) atoms. The van der Waals surface area contributed by atoms with Gasteiger partial charge in [0.05, 0.1) is 11.3 Å². The van der Waals surface area contributed by atoms with Crippen LogP contribution in [0.15, 0.2) is 18.3 Å². The standard InChI is InChI=1S/C12H15NO4/c1-8-9(5-4-6-13-8)11(14)16-10-7-15-12(2,3)17-10/h4-6,10H,7H2,1-3H3. The van der Waals surface area contributed by atoms with Crippen LogP contribution >= 0.6 is 0 Å². The van der Waals surface area contributed by atoms with Crippen LogP contribution in [0, 0.1) is 6.92 Å². The van der Waals surface area contributed by atoms with Crippen LogP contribution in [0.25, 0.3) is 0 Å². The number of aromatic nitrogens is 1. The highest BCUT2D eigenvalue weighted by molar-refractivity contribution is 5.90. The molecule has 5 nitrogen and oxygen atoms in total. The fourth-order valence-electron chi connectivity index (χ4n) is 1.59. The van der Waals surface area contributed by atoms with E-state index in [0.29, 0.717) is 11.3 Å². The second-order valence-corrected chi connectivity index (χ2v) is 4.30. The number of aryl methyl sites for hydroxylation is 1. The summed E-state index contributed by atoms with van der Waals surface area (Å²) in [6.07, 6.45) is 0.974. The maximum Gasteiger partial charge on any atom is 0.342 e. The lowest BCUT2D eigenvalue weighted by Crippen LogP contribution is -2.25. The van der Waals surface area contributed by atoms with Crippen molar-refractivity contribution in [3.8, 4) is 0 Å². The van der Waals surface area contributed by atoms with Gasteiger partial charge < -0.3 is 14.2 Å². The molecule has 0 radical (unpaired) electrons. The van der Waals surface area contributed by atoms with Crippen molar-refractivity contribution in [2.24, 2.45) is 0 Å². The van der Waals surface area contributed by atoms with Crippen LogP contribution in [0.5, 0.6) is 0 Å². The number of hydrogen-bond donors (Lipinski definition) is 0. The van der Waals surface area contributed by atoms with Gasteiger partial charge in [-0.2, -0.15) is 0 Å².